The minimum absolute atomic E-state index is 0.158. The van der Waals surface area contributed by atoms with Crippen LogP contribution in [0.25, 0.3) is 0 Å². The number of aliphatic hydroxyl groups excluding tert-OH is 2. The van der Waals surface area contributed by atoms with Crippen LogP contribution in [0.1, 0.15) is 93.9 Å². The van der Waals surface area contributed by atoms with E-state index in [9.17, 15) is 10.2 Å². The van der Waals surface area contributed by atoms with Crippen LogP contribution in [0.4, 0.5) is 0 Å². The summed E-state index contributed by atoms with van der Waals surface area (Å²) in [5.41, 5.74) is 0.631. The second kappa shape index (κ2) is 8.53. The average Bonchev–Trinajstić information content (AvgIpc) is 2.47. The zero-order chi connectivity index (χ0) is 21.4. The first-order valence-corrected chi connectivity index (χ1v) is 11.5. The highest BCUT2D eigenvalue weighted by Crippen LogP contribution is 2.45. The molecule has 2 N–H and O–H groups in total. The van der Waals surface area contributed by atoms with Crippen LogP contribution in [0, 0.1) is 11.8 Å². The molecule has 0 aromatic rings. The molecule has 0 aromatic heterocycles. The molecule has 0 spiro atoms. The fraction of sp³-hybridized carbons (Fsp3) is 1.00. The zero-order valence-corrected chi connectivity index (χ0v) is 20.0. The number of hydrogen-bond acceptors (Lipinski definition) is 4. The zero-order valence-electron chi connectivity index (χ0n) is 20.0. The van der Waals surface area contributed by atoms with Gasteiger partial charge in [0.25, 0.3) is 0 Å². The molecule has 0 bridgehead atoms. The van der Waals surface area contributed by atoms with E-state index >= 15 is 0 Å². The van der Waals surface area contributed by atoms with Crippen LogP contribution in [0.2, 0.25) is 0 Å². The summed E-state index contributed by atoms with van der Waals surface area (Å²) in [6.45, 7) is 21.9. The van der Waals surface area contributed by atoms with Gasteiger partial charge in [-0.1, -0.05) is 0 Å². The summed E-state index contributed by atoms with van der Waals surface area (Å²) in [5, 5.41) is 18.9. The largest absolute Gasteiger partial charge is 0.396 e. The van der Waals surface area contributed by atoms with Crippen molar-refractivity contribution in [2.75, 3.05) is 26.3 Å². The van der Waals surface area contributed by atoms with Gasteiger partial charge in [-0.25, -0.2) is 0 Å². The Labute approximate surface area is 174 Å². The Morgan fingerprint density at radius 3 is 1.04 bits per heavy atom. The molecule has 4 nitrogen and oxygen atoms in total. The van der Waals surface area contributed by atoms with Crippen molar-refractivity contribution in [3.8, 4) is 0 Å². The molecular formula is C24H48N2O2. The second-order valence-electron chi connectivity index (χ2n) is 12.1. The Balaban J connectivity index is 2.13. The van der Waals surface area contributed by atoms with Crippen LogP contribution in [0.3, 0.4) is 0 Å². The minimum atomic E-state index is 0.158. The lowest BCUT2D eigenvalue weighted by Gasteiger charge is -2.59. The normalized spacial score (nSPS) is 28.5. The third-order valence-electron chi connectivity index (χ3n) is 7.70. The number of likely N-dealkylation sites (tertiary alicyclic amines) is 2. The van der Waals surface area contributed by atoms with E-state index in [1.165, 1.54) is 25.7 Å². The lowest BCUT2D eigenvalue weighted by molar-refractivity contribution is -0.0932. The Morgan fingerprint density at radius 2 is 0.821 bits per heavy atom. The molecule has 0 amide bonds. The highest BCUT2D eigenvalue weighted by molar-refractivity contribution is 5.03. The molecule has 0 saturated carbocycles. The molecule has 4 heteroatoms. The molecule has 28 heavy (non-hydrogen) atoms. The van der Waals surface area contributed by atoms with Gasteiger partial charge in [-0.15, -0.1) is 0 Å². The molecule has 2 rings (SSSR count). The highest BCUT2D eigenvalue weighted by Gasteiger charge is 2.48. The van der Waals surface area contributed by atoms with E-state index < -0.39 is 0 Å². The summed E-state index contributed by atoms with van der Waals surface area (Å²) >= 11 is 0. The van der Waals surface area contributed by atoms with E-state index in [2.05, 4.69) is 65.2 Å². The predicted molar refractivity (Wildman–Crippen MR) is 119 cm³/mol. The summed E-state index contributed by atoms with van der Waals surface area (Å²) in [6.07, 6.45) is 6.54. The molecule has 2 saturated heterocycles. The molecule has 0 radical (unpaired) electrons. The van der Waals surface area contributed by atoms with Crippen LogP contribution < -0.4 is 0 Å². The Morgan fingerprint density at radius 1 is 0.571 bits per heavy atom. The van der Waals surface area contributed by atoms with Crippen molar-refractivity contribution in [1.82, 2.24) is 9.80 Å². The third-order valence-corrected chi connectivity index (χ3v) is 7.70. The van der Waals surface area contributed by atoms with E-state index in [4.69, 9.17) is 0 Å². The maximum atomic E-state index is 9.44. The highest BCUT2D eigenvalue weighted by atomic mass is 16.3. The van der Waals surface area contributed by atoms with Gasteiger partial charge in [-0.2, -0.15) is 0 Å². The molecule has 0 aliphatic carbocycles. The average molecular weight is 397 g/mol. The van der Waals surface area contributed by atoms with E-state index in [1.54, 1.807) is 0 Å². The van der Waals surface area contributed by atoms with E-state index in [0.717, 1.165) is 25.9 Å². The number of nitrogens with zero attached hydrogens (tertiary/aromatic N) is 2. The van der Waals surface area contributed by atoms with Crippen LogP contribution in [-0.4, -0.2) is 68.5 Å². The first-order chi connectivity index (χ1) is 12.7. The SMILES string of the molecule is CC1(C)CC(CCO)CC(C)(C)N1CCN1C(C)(C)CC(CCO)CC1(C)C. The molecule has 2 aliphatic rings. The van der Waals surface area contributed by atoms with Gasteiger partial charge in [0.15, 0.2) is 0 Å². The number of piperidine rings is 2. The Bertz CT molecular complexity index is 431. The summed E-state index contributed by atoms with van der Waals surface area (Å²) in [4.78, 5) is 5.47. The second-order valence-corrected chi connectivity index (χ2v) is 12.1. The van der Waals surface area contributed by atoms with Crippen molar-refractivity contribution in [2.24, 2.45) is 11.8 Å². The molecular weight excluding hydrogens is 348 g/mol. The first kappa shape index (κ1) is 24.1. The van der Waals surface area contributed by atoms with Crippen LogP contribution >= 0.6 is 0 Å². The van der Waals surface area contributed by atoms with Crippen molar-refractivity contribution >= 4 is 0 Å². The lowest BCUT2D eigenvalue weighted by atomic mass is 9.71. The van der Waals surface area contributed by atoms with Crippen LogP contribution in [-0.2, 0) is 0 Å². The van der Waals surface area contributed by atoms with Gasteiger partial charge >= 0.3 is 0 Å². The quantitative estimate of drug-likeness (QED) is 0.674. The van der Waals surface area contributed by atoms with Gasteiger partial charge in [0, 0.05) is 48.5 Å². The van der Waals surface area contributed by atoms with Gasteiger partial charge in [0.05, 0.1) is 0 Å². The van der Waals surface area contributed by atoms with Crippen molar-refractivity contribution < 1.29 is 10.2 Å². The Kier molecular flexibility index (Phi) is 7.34. The monoisotopic (exact) mass is 396 g/mol. The fourth-order valence-corrected chi connectivity index (χ4v) is 7.23. The summed E-state index contributed by atoms with van der Waals surface area (Å²) in [6, 6.07) is 0. The van der Waals surface area contributed by atoms with Gasteiger partial charge in [0.1, 0.15) is 0 Å². The van der Waals surface area contributed by atoms with Gasteiger partial charge < -0.3 is 10.2 Å². The molecule has 2 aliphatic heterocycles. The van der Waals surface area contributed by atoms with Crippen molar-refractivity contribution in [3.05, 3.63) is 0 Å². The van der Waals surface area contributed by atoms with Crippen LogP contribution in [0.15, 0.2) is 0 Å². The Hall–Kier alpha value is -0.160. The summed E-state index contributed by atoms with van der Waals surface area (Å²) < 4.78 is 0. The topological polar surface area (TPSA) is 46.9 Å². The molecule has 2 fully saturated rings. The standard InChI is InChI=1S/C24H48N2O2/c1-21(2)15-19(9-13-27)16-22(3,4)25(21)11-12-26-23(5,6)17-20(10-14-28)18-24(26,7)8/h19-20,27-28H,9-18H2,1-8H3. The van der Waals surface area contributed by atoms with E-state index in [-0.39, 0.29) is 22.2 Å². The molecule has 2 heterocycles. The van der Waals surface area contributed by atoms with Gasteiger partial charge in [-0.05, 0) is 106 Å². The van der Waals surface area contributed by atoms with Crippen LogP contribution in [0.5, 0.6) is 0 Å². The predicted octanol–water partition coefficient (Wildman–Crippen LogP) is 4.29. The number of hydrogen-bond donors (Lipinski definition) is 2. The lowest BCUT2D eigenvalue weighted by Crippen LogP contribution is -2.66. The van der Waals surface area contributed by atoms with Crippen molar-refractivity contribution in [3.63, 3.8) is 0 Å². The summed E-state index contributed by atoms with van der Waals surface area (Å²) in [7, 11) is 0. The third kappa shape index (κ3) is 5.30. The number of aliphatic hydroxyl groups is 2. The molecule has 0 aromatic carbocycles. The van der Waals surface area contributed by atoms with Gasteiger partial charge in [-0.3, -0.25) is 9.80 Å². The van der Waals surface area contributed by atoms with E-state index in [0.29, 0.717) is 25.0 Å². The molecule has 0 atom stereocenters. The smallest absolute Gasteiger partial charge is 0.0433 e. The first-order valence-electron chi connectivity index (χ1n) is 11.5. The van der Waals surface area contributed by atoms with Crippen molar-refractivity contribution in [2.45, 2.75) is 116 Å². The molecule has 0 unspecified atom stereocenters. The van der Waals surface area contributed by atoms with Crippen molar-refractivity contribution in [1.29, 1.82) is 0 Å². The maximum absolute atomic E-state index is 9.44. The van der Waals surface area contributed by atoms with E-state index in [1.807, 2.05) is 0 Å². The van der Waals surface area contributed by atoms with Gasteiger partial charge in [0.2, 0.25) is 0 Å². The fourth-order valence-electron chi connectivity index (χ4n) is 7.23. The molecule has 166 valence electrons. The summed E-state index contributed by atoms with van der Waals surface area (Å²) in [5.74, 6) is 1.24. The number of rotatable bonds is 7. The maximum Gasteiger partial charge on any atom is 0.0433 e. The minimum Gasteiger partial charge on any atom is -0.396 e.